The number of rotatable bonds is 8. The smallest absolute Gasteiger partial charge is 0.225 e. The van der Waals surface area contributed by atoms with Crippen molar-refractivity contribution < 1.29 is 9.59 Å². The quantitative estimate of drug-likeness (QED) is 0.790. The molecule has 1 aromatic carbocycles. The van der Waals surface area contributed by atoms with Gasteiger partial charge in [-0.3, -0.25) is 9.59 Å². The summed E-state index contributed by atoms with van der Waals surface area (Å²) in [6, 6.07) is 9.90. The highest BCUT2D eigenvalue weighted by molar-refractivity contribution is 5.89. The Kier molecular flexibility index (Phi) is 6.59. The van der Waals surface area contributed by atoms with Gasteiger partial charge in [0.05, 0.1) is 5.92 Å². The third kappa shape index (κ3) is 5.06. The predicted molar refractivity (Wildman–Crippen MR) is 90.8 cm³/mol. The number of likely N-dealkylation sites (N-methyl/N-ethyl adjacent to an activating group) is 1. The van der Waals surface area contributed by atoms with Gasteiger partial charge in [0.15, 0.2) is 0 Å². The second kappa shape index (κ2) is 8.67. The Morgan fingerprint density at radius 1 is 1.26 bits per heavy atom. The van der Waals surface area contributed by atoms with Crippen molar-refractivity contribution in [3.8, 4) is 0 Å². The number of hydrogen-bond acceptors (Lipinski definition) is 3. The summed E-state index contributed by atoms with van der Waals surface area (Å²) in [6.45, 7) is 8.80. The van der Waals surface area contributed by atoms with E-state index in [1.54, 1.807) is 4.90 Å². The van der Waals surface area contributed by atoms with E-state index in [-0.39, 0.29) is 17.7 Å². The lowest BCUT2D eigenvalue weighted by molar-refractivity contribution is -0.129. The van der Waals surface area contributed by atoms with Crippen LogP contribution < -0.4 is 5.32 Å². The van der Waals surface area contributed by atoms with Crippen molar-refractivity contribution in [1.82, 2.24) is 15.1 Å². The Morgan fingerprint density at radius 2 is 1.96 bits per heavy atom. The zero-order valence-electron chi connectivity index (χ0n) is 14.1. The number of carbonyl (C=O) groups excluding carboxylic acids is 2. The Hall–Kier alpha value is -1.88. The zero-order valence-corrected chi connectivity index (χ0v) is 14.1. The molecule has 1 atom stereocenters. The van der Waals surface area contributed by atoms with Crippen molar-refractivity contribution in [2.45, 2.75) is 26.8 Å². The molecule has 1 aliphatic heterocycles. The number of nitrogens with zero attached hydrogens (tertiary/aromatic N) is 2. The van der Waals surface area contributed by atoms with Gasteiger partial charge in [-0.15, -0.1) is 0 Å². The largest absolute Gasteiger partial charge is 0.355 e. The Morgan fingerprint density at radius 3 is 2.61 bits per heavy atom. The summed E-state index contributed by atoms with van der Waals surface area (Å²) in [4.78, 5) is 28.4. The van der Waals surface area contributed by atoms with E-state index in [1.165, 1.54) is 0 Å². The van der Waals surface area contributed by atoms with Gasteiger partial charge < -0.3 is 15.1 Å². The van der Waals surface area contributed by atoms with Gasteiger partial charge in [-0.2, -0.15) is 0 Å². The minimum absolute atomic E-state index is 0.000989. The van der Waals surface area contributed by atoms with Gasteiger partial charge in [0.2, 0.25) is 11.8 Å². The van der Waals surface area contributed by atoms with Gasteiger partial charge in [-0.25, -0.2) is 0 Å². The molecule has 0 saturated carbocycles. The van der Waals surface area contributed by atoms with Gasteiger partial charge in [0, 0.05) is 32.6 Å². The summed E-state index contributed by atoms with van der Waals surface area (Å²) in [7, 11) is 0. The number of amides is 2. The van der Waals surface area contributed by atoms with Crippen LogP contribution in [0.25, 0.3) is 0 Å². The molecule has 0 radical (unpaired) electrons. The van der Waals surface area contributed by atoms with Crippen molar-refractivity contribution in [2.24, 2.45) is 5.92 Å². The molecular formula is C18H27N3O2. The number of likely N-dealkylation sites (tertiary alicyclic amines) is 1. The van der Waals surface area contributed by atoms with Crippen LogP contribution in [0.1, 0.15) is 25.8 Å². The van der Waals surface area contributed by atoms with Crippen molar-refractivity contribution in [2.75, 3.05) is 32.7 Å². The fourth-order valence-electron chi connectivity index (χ4n) is 2.93. The highest BCUT2D eigenvalue weighted by Crippen LogP contribution is 2.20. The second-order valence-electron chi connectivity index (χ2n) is 5.98. The minimum Gasteiger partial charge on any atom is -0.355 e. The molecule has 1 aromatic rings. The molecule has 1 heterocycles. The Bertz CT molecular complexity index is 514. The Labute approximate surface area is 138 Å². The zero-order chi connectivity index (χ0) is 16.7. The molecule has 0 spiro atoms. The van der Waals surface area contributed by atoms with Gasteiger partial charge in [-0.1, -0.05) is 44.2 Å². The standard InChI is InChI=1S/C18H27N3O2/c1-3-20(4-2)11-10-19-18(23)16-12-17(22)21(14-16)13-15-8-6-5-7-9-15/h5-9,16H,3-4,10-14H2,1-2H3,(H,19,23)/t16-/m0/s1. The summed E-state index contributed by atoms with van der Waals surface area (Å²) in [5.41, 5.74) is 1.10. The molecule has 2 amide bonds. The molecule has 5 nitrogen and oxygen atoms in total. The number of nitrogens with one attached hydrogen (secondary N) is 1. The van der Waals surface area contributed by atoms with Gasteiger partial charge in [0.25, 0.3) is 0 Å². The van der Waals surface area contributed by atoms with Crippen molar-refractivity contribution >= 4 is 11.8 Å². The number of carbonyl (C=O) groups is 2. The lowest BCUT2D eigenvalue weighted by atomic mass is 10.1. The van der Waals surface area contributed by atoms with Crippen LogP contribution >= 0.6 is 0 Å². The van der Waals surface area contributed by atoms with Crippen LogP contribution in [0.4, 0.5) is 0 Å². The molecule has 2 rings (SSSR count). The van der Waals surface area contributed by atoms with E-state index in [2.05, 4.69) is 24.1 Å². The highest BCUT2D eigenvalue weighted by Gasteiger charge is 2.33. The molecule has 1 fully saturated rings. The van der Waals surface area contributed by atoms with E-state index in [0.717, 1.165) is 25.2 Å². The van der Waals surface area contributed by atoms with Crippen LogP contribution in [0.3, 0.4) is 0 Å². The minimum atomic E-state index is -0.220. The summed E-state index contributed by atoms with van der Waals surface area (Å²) in [5, 5.41) is 2.97. The maximum atomic E-state index is 12.2. The van der Waals surface area contributed by atoms with Crippen LogP contribution in [0, 0.1) is 5.92 Å². The molecule has 0 aliphatic carbocycles. The maximum absolute atomic E-state index is 12.2. The maximum Gasteiger partial charge on any atom is 0.225 e. The second-order valence-corrected chi connectivity index (χ2v) is 5.98. The average Bonchev–Trinajstić information content (AvgIpc) is 2.93. The third-order valence-electron chi connectivity index (χ3n) is 4.42. The molecule has 1 aliphatic rings. The van der Waals surface area contributed by atoms with Gasteiger partial charge >= 0.3 is 0 Å². The van der Waals surface area contributed by atoms with Crippen LogP contribution in [-0.2, 0) is 16.1 Å². The SMILES string of the molecule is CCN(CC)CCNC(=O)[C@H]1CC(=O)N(Cc2ccccc2)C1. The Balaban J connectivity index is 1.78. The van der Waals surface area contributed by atoms with Gasteiger partial charge in [-0.05, 0) is 18.7 Å². The first-order chi connectivity index (χ1) is 11.1. The number of benzene rings is 1. The molecule has 0 aromatic heterocycles. The molecule has 23 heavy (non-hydrogen) atoms. The summed E-state index contributed by atoms with van der Waals surface area (Å²) in [6.07, 6.45) is 0.323. The van der Waals surface area contributed by atoms with Crippen LogP contribution in [0.15, 0.2) is 30.3 Å². The fourth-order valence-corrected chi connectivity index (χ4v) is 2.93. The van der Waals surface area contributed by atoms with E-state index in [0.29, 0.717) is 26.1 Å². The molecule has 0 bridgehead atoms. The van der Waals surface area contributed by atoms with E-state index >= 15 is 0 Å². The van der Waals surface area contributed by atoms with Crippen molar-refractivity contribution in [3.05, 3.63) is 35.9 Å². The van der Waals surface area contributed by atoms with Crippen molar-refractivity contribution in [1.29, 1.82) is 0 Å². The van der Waals surface area contributed by atoms with Crippen molar-refractivity contribution in [3.63, 3.8) is 0 Å². The van der Waals surface area contributed by atoms with E-state index in [4.69, 9.17) is 0 Å². The third-order valence-corrected chi connectivity index (χ3v) is 4.42. The van der Waals surface area contributed by atoms with E-state index < -0.39 is 0 Å². The van der Waals surface area contributed by atoms with Crippen LogP contribution in [0.2, 0.25) is 0 Å². The molecule has 0 unspecified atom stereocenters. The molecule has 5 heteroatoms. The van der Waals surface area contributed by atoms with Gasteiger partial charge in [0.1, 0.15) is 0 Å². The molecule has 126 valence electrons. The van der Waals surface area contributed by atoms with Crippen LogP contribution in [-0.4, -0.2) is 54.3 Å². The van der Waals surface area contributed by atoms with E-state index in [9.17, 15) is 9.59 Å². The summed E-state index contributed by atoms with van der Waals surface area (Å²) in [5.74, 6) is -0.151. The predicted octanol–water partition coefficient (Wildman–Crippen LogP) is 1.49. The van der Waals surface area contributed by atoms with Crippen LogP contribution in [0.5, 0.6) is 0 Å². The fraction of sp³-hybridized carbons (Fsp3) is 0.556. The van der Waals surface area contributed by atoms with E-state index in [1.807, 2.05) is 30.3 Å². The first-order valence-corrected chi connectivity index (χ1v) is 8.45. The average molecular weight is 317 g/mol. The topological polar surface area (TPSA) is 52.7 Å². The monoisotopic (exact) mass is 317 g/mol. The lowest BCUT2D eigenvalue weighted by Crippen LogP contribution is -2.38. The first-order valence-electron chi connectivity index (χ1n) is 8.45. The molecular weight excluding hydrogens is 290 g/mol. The summed E-state index contributed by atoms with van der Waals surface area (Å²) >= 11 is 0. The summed E-state index contributed by atoms with van der Waals surface area (Å²) < 4.78 is 0. The first kappa shape index (κ1) is 17.5. The molecule has 1 N–H and O–H groups in total. The highest BCUT2D eigenvalue weighted by atomic mass is 16.2. The molecule has 1 saturated heterocycles. The lowest BCUT2D eigenvalue weighted by Gasteiger charge is -2.19. The number of hydrogen-bond donors (Lipinski definition) is 1. The normalized spacial score (nSPS) is 17.8.